The summed E-state index contributed by atoms with van der Waals surface area (Å²) in [5.74, 6) is 0.458. The van der Waals surface area contributed by atoms with Gasteiger partial charge in [0.2, 0.25) is 5.91 Å². The molecule has 0 saturated carbocycles. The molecule has 0 fully saturated rings. The highest BCUT2D eigenvalue weighted by Gasteiger charge is 2.19. The number of nitrogens with one attached hydrogen (secondary N) is 1. The Morgan fingerprint density at radius 1 is 0.806 bits per heavy atom. The van der Waals surface area contributed by atoms with Gasteiger partial charge in [0.05, 0.1) is 26.1 Å². The van der Waals surface area contributed by atoms with E-state index in [2.05, 4.69) is 5.32 Å². The Kier molecular flexibility index (Phi) is 8.14. The summed E-state index contributed by atoms with van der Waals surface area (Å²) in [6.07, 6.45) is 0.264. The van der Waals surface area contributed by atoms with Crippen molar-refractivity contribution >= 4 is 17.5 Å². The molecule has 36 heavy (non-hydrogen) atoms. The minimum Gasteiger partial charge on any atom is -0.497 e. The van der Waals surface area contributed by atoms with Crippen molar-refractivity contribution in [1.82, 2.24) is 5.32 Å². The van der Waals surface area contributed by atoms with Crippen molar-refractivity contribution in [2.24, 2.45) is 0 Å². The second kappa shape index (κ2) is 11.8. The summed E-state index contributed by atoms with van der Waals surface area (Å²) in [5.41, 5.74) is 4.27. The molecule has 0 bridgehead atoms. The lowest BCUT2D eigenvalue weighted by molar-refractivity contribution is -0.121. The van der Waals surface area contributed by atoms with Crippen LogP contribution in [0.3, 0.4) is 0 Å². The van der Waals surface area contributed by atoms with E-state index in [0.717, 1.165) is 22.4 Å². The first-order valence-corrected chi connectivity index (χ1v) is 12.0. The second-order valence-corrected chi connectivity index (χ2v) is 8.65. The number of amides is 2. The molecule has 0 heterocycles. The molecule has 4 aromatic rings. The molecule has 1 atom stereocenters. The minimum absolute atomic E-state index is 0.0484. The van der Waals surface area contributed by atoms with Crippen LogP contribution in [-0.2, 0) is 17.8 Å². The van der Waals surface area contributed by atoms with E-state index in [1.165, 1.54) is 0 Å². The van der Waals surface area contributed by atoms with Gasteiger partial charge in [0.15, 0.2) is 0 Å². The highest BCUT2D eigenvalue weighted by molar-refractivity contribution is 6.06. The molecule has 182 valence electrons. The third kappa shape index (κ3) is 6.39. The van der Waals surface area contributed by atoms with Crippen molar-refractivity contribution in [2.75, 3.05) is 12.0 Å². The molecule has 2 amide bonds. The maximum absolute atomic E-state index is 13.5. The van der Waals surface area contributed by atoms with Gasteiger partial charge >= 0.3 is 0 Å². The smallest absolute Gasteiger partial charge is 0.258 e. The van der Waals surface area contributed by atoms with Crippen LogP contribution in [0.15, 0.2) is 109 Å². The van der Waals surface area contributed by atoms with Gasteiger partial charge in [-0.2, -0.15) is 0 Å². The molecular weight excluding hydrogens is 448 g/mol. The maximum Gasteiger partial charge on any atom is 0.258 e. The molecular formula is C31H30N2O3. The van der Waals surface area contributed by atoms with E-state index in [1.807, 2.05) is 104 Å². The SMILES string of the molecule is COc1cccc(C(=O)N(Cc2ccccc2)c2ccc(CC(=O)N[C@@H](C)c3ccccc3)cc2)c1. The zero-order valence-corrected chi connectivity index (χ0v) is 20.6. The first-order valence-electron chi connectivity index (χ1n) is 12.0. The minimum atomic E-state index is -0.125. The molecule has 0 unspecified atom stereocenters. The zero-order chi connectivity index (χ0) is 25.3. The van der Waals surface area contributed by atoms with Crippen LogP contribution in [0.5, 0.6) is 5.75 Å². The van der Waals surface area contributed by atoms with Crippen molar-refractivity contribution in [3.05, 3.63) is 131 Å². The van der Waals surface area contributed by atoms with Crippen LogP contribution in [-0.4, -0.2) is 18.9 Å². The fourth-order valence-corrected chi connectivity index (χ4v) is 4.05. The van der Waals surface area contributed by atoms with Crippen molar-refractivity contribution in [2.45, 2.75) is 25.9 Å². The number of hydrogen-bond acceptors (Lipinski definition) is 3. The van der Waals surface area contributed by atoms with Gasteiger partial charge in [-0.3, -0.25) is 9.59 Å². The van der Waals surface area contributed by atoms with E-state index in [1.54, 1.807) is 24.1 Å². The Labute approximate surface area is 212 Å². The van der Waals surface area contributed by atoms with Gasteiger partial charge in [0.25, 0.3) is 5.91 Å². The molecule has 0 aromatic heterocycles. The van der Waals surface area contributed by atoms with Crippen LogP contribution in [0.25, 0.3) is 0 Å². The lowest BCUT2D eigenvalue weighted by atomic mass is 10.1. The van der Waals surface area contributed by atoms with Gasteiger partial charge in [-0.15, -0.1) is 0 Å². The Balaban J connectivity index is 1.51. The summed E-state index contributed by atoms with van der Waals surface area (Å²) in [6.45, 7) is 2.40. The lowest BCUT2D eigenvalue weighted by Crippen LogP contribution is -2.30. The summed E-state index contributed by atoms with van der Waals surface area (Å²) < 4.78 is 5.31. The number of anilines is 1. The van der Waals surface area contributed by atoms with E-state index in [-0.39, 0.29) is 24.3 Å². The molecule has 0 spiro atoms. The van der Waals surface area contributed by atoms with Gasteiger partial charge < -0.3 is 15.0 Å². The summed E-state index contributed by atoms with van der Waals surface area (Å²) in [4.78, 5) is 27.9. The number of methoxy groups -OCH3 is 1. The largest absolute Gasteiger partial charge is 0.497 e. The van der Waals surface area contributed by atoms with E-state index < -0.39 is 0 Å². The molecule has 4 rings (SSSR count). The number of benzene rings is 4. The zero-order valence-electron chi connectivity index (χ0n) is 20.6. The predicted octanol–water partition coefficient (Wildman–Crippen LogP) is 5.96. The third-order valence-electron chi connectivity index (χ3n) is 6.04. The lowest BCUT2D eigenvalue weighted by Gasteiger charge is -2.24. The average Bonchev–Trinajstić information content (AvgIpc) is 2.93. The Morgan fingerprint density at radius 2 is 1.47 bits per heavy atom. The fraction of sp³-hybridized carbons (Fsp3) is 0.161. The van der Waals surface area contributed by atoms with Crippen LogP contribution in [0.4, 0.5) is 5.69 Å². The van der Waals surface area contributed by atoms with E-state index >= 15 is 0 Å². The molecule has 0 saturated heterocycles. The van der Waals surface area contributed by atoms with Crippen LogP contribution >= 0.6 is 0 Å². The van der Waals surface area contributed by atoms with Crippen LogP contribution in [0.1, 0.15) is 40.0 Å². The van der Waals surface area contributed by atoms with E-state index in [4.69, 9.17) is 4.74 Å². The quantitative estimate of drug-likeness (QED) is 0.323. The second-order valence-electron chi connectivity index (χ2n) is 8.65. The summed E-state index contributed by atoms with van der Waals surface area (Å²) in [5, 5.41) is 3.05. The average molecular weight is 479 g/mol. The van der Waals surface area contributed by atoms with Crippen molar-refractivity contribution in [1.29, 1.82) is 0 Å². The van der Waals surface area contributed by atoms with Crippen molar-refractivity contribution in [3.8, 4) is 5.75 Å². The summed E-state index contributed by atoms with van der Waals surface area (Å²) in [7, 11) is 1.58. The molecule has 0 radical (unpaired) electrons. The number of nitrogens with zero attached hydrogens (tertiary/aromatic N) is 1. The normalized spacial score (nSPS) is 11.4. The van der Waals surface area contributed by atoms with Crippen molar-refractivity contribution in [3.63, 3.8) is 0 Å². The maximum atomic E-state index is 13.5. The predicted molar refractivity (Wildman–Crippen MR) is 143 cm³/mol. The first kappa shape index (κ1) is 24.7. The number of hydrogen-bond donors (Lipinski definition) is 1. The number of rotatable bonds is 9. The van der Waals surface area contributed by atoms with Gasteiger partial charge in [0.1, 0.15) is 5.75 Å². The Bertz CT molecular complexity index is 1290. The first-order chi connectivity index (χ1) is 17.5. The van der Waals surface area contributed by atoms with Crippen LogP contribution < -0.4 is 15.0 Å². The van der Waals surface area contributed by atoms with Gasteiger partial charge in [-0.25, -0.2) is 0 Å². The highest BCUT2D eigenvalue weighted by Crippen LogP contribution is 2.23. The van der Waals surface area contributed by atoms with Crippen molar-refractivity contribution < 1.29 is 14.3 Å². The summed E-state index contributed by atoms with van der Waals surface area (Å²) >= 11 is 0. The number of carbonyl (C=O) groups is 2. The molecule has 1 N–H and O–H groups in total. The Morgan fingerprint density at radius 3 is 2.14 bits per heavy atom. The highest BCUT2D eigenvalue weighted by atomic mass is 16.5. The standard InChI is InChI=1S/C31H30N2O3/c1-23(26-12-7-4-8-13-26)32-30(34)20-24-16-18-28(19-17-24)33(22-25-10-5-3-6-11-25)31(35)27-14-9-15-29(21-27)36-2/h3-19,21,23H,20,22H2,1-2H3,(H,32,34)/t23-/m0/s1. The monoisotopic (exact) mass is 478 g/mol. The topological polar surface area (TPSA) is 58.6 Å². The van der Waals surface area contributed by atoms with Crippen LogP contribution in [0, 0.1) is 0 Å². The van der Waals surface area contributed by atoms with Gasteiger partial charge in [-0.1, -0.05) is 78.9 Å². The molecule has 5 heteroatoms. The van der Waals surface area contributed by atoms with E-state index in [9.17, 15) is 9.59 Å². The number of ether oxygens (including phenoxy) is 1. The molecule has 0 aliphatic heterocycles. The molecule has 0 aliphatic carbocycles. The van der Waals surface area contributed by atoms with Crippen LogP contribution in [0.2, 0.25) is 0 Å². The molecule has 5 nitrogen and oxygen atoms in total. The van der Waals surface area contributed by atoms with E-state index in [0.29, 0.717) is 17.9 Å². The van der Waals surface area contributed by atoms with Gasteiger partial charge in [0, 0.05) is 11.3 Å². The molecule has 4 aromatic carbocycles. The fourth-order valence-electron chi connectivity index (χ4n) is 4.05. The third-order valence-corrected chi connectivity index (χ3v) is 6.04. The summed E-state index contributed by atoms with van der Waals surface area (Å²) in [6, 6.07) is 34.4. The van der Waals surface area contributed by atoms with Gasteiger partial charge in [-0.05, 0) is 53.9 Å². The Hall–Kier alpha value is -4.38. The number of carbonyl (C=O) groups excluding carboxylic acids is 2. The molecule has 0 aliphatic rings.